The van der Waals surface area contributed by atoms with Gasteiger partial charge >= 0.3 is 0 Å². The predicted octanol–water partition coefficient (Wildman–Crippen LogP) is -0.864. The molecule has 1 fully saturated rings. The van der Waals surface area contributed by atoms with Crippen molar-refractivity contribution < 1.29 is 4.79 Å². The number of rotatable bonds is 4. The topological polar surface area (TPSA) is 71.8 Å². The van der Waals surface area contributed by atoms with Gasteiger partial charge in [-0.25, -0.2) is 0 Å². The highest BCUT2D eigenvalue weighted by Crippen LogP contribution is 2.09. The Hall–Kier alpha value is -1.08. The van der Waals surface area contributed by atoms with E-state index in [0.717, 1.165) is 17.5 Å². The molecule has 1 saturated heterocycles. The lowest BCUT2D eigenvalue weighted by molar-refractivity contribution is -0.122. The van der Waals surface area contributed by atoms with Crippen LogP contribution < -0.4 is 10.6 Å². The molecule has 1 atom stereocenters. The van der Waals surface area contributed by atoms with Gasteiger partial charge in [0, 0.05) is 31.6 Å². The highest BCUT2D eigenvalue weighted by Gasteiger charge is 2.21. The zero-order chi connectivity index (χ0) is 11.4. The van der Waals surface area contributed by atoms with Gasteiger partial charge in [0.1, 0.15) is 12.2 Å². The Morgan fingerprint density at radius 1 is 1.81 bits per heavy atom. The molecule has 1 aromatic rings. The number of carbonyl (C=O) groups is 1. The van der Waals surface area contributed by atoms with E-state index in [4.69, 9.17) is 0 Å². The summed E-state index contributed by atoms with van der Waals surface area (Å²) in [5, 5.41) is 13.8. The summed E-state index contributed by atoms with van der Waals surface area (Å²) in [7, 11) is 1.90. The van der Waals surface area contributed by atoms with Gasteiger partial charge in [-0.3, -0.25) is 10.1 Å². The van der Waals surface area contributed by atoms with Crippen molar-refractivity contribution in [1.82, 2.24) is 25.4 Å². The van der Waals surface area contributed by atoms with Crippen molar-refractivity contribution in [2.75, 3.05) is 18.2 Å². The molecule has 0 aromatic carbocycles. The molecule has 0 bridgehead atoms. The van der Waals surface area contributed by atoms with Gasteiger partial charge in [-0.1, -0.05) is 0 Å². The van der Waals surface area contributed by atoms with Crippen molar-refractivity contribution in [1.29, 1.82) is 0 Å². The Morgan fingerprint density at radius 2 is 2.69 bits per heavy atom. The van der Waals surface area contributed by atoms with Crippen LogP contribution in [0.1, 0.15) is 5.82 Å². The van der Waals surface area contributed by atoms with Crippen molar-refractivity contribution in [3.05, 3.63) is 12.2 Å². The lowest BCUT2D eigenvalue weighted by Gasteiger charge is -2.09. The average Bonchev–Trinajstić information content (AvgIpc) is 2.90. The summed E-state index contributed by atoms with van der Waals surface area (Å²) >= 11 is 1.75. The quantitative estimate of drug-likeness (QED) is 0.717. The third-order valence-electron chi connectivity index (χ3n) is 2.49. The van der Waals surface area contributed by atoms with Gasteiger partial charge in [0.15, 0.2) is 0 Å². The standard InChI is InChI=1S/C9H15N5OS/c1-14-5-12-13-8(14)2-3-10-9(15)7-4-16-6-11-7/h5,7,11H,2-4,6H2,1H3,(H,10,15). The van der Waals surface area contributed by atoms with Gasteiger partial charge in [-0.15, -0.1) is 22.0 Å². The number of aryl methyl sites for hydroxylation is 1. The van der Waals surface area contributed by atoms with Gasteiger partial charge in [0.2, 0.25) is 5.91 Å². The molecule has 2 heterocycles. The van der Waals surface area contributed by atoms with Gasteiger partial charge in [0.25, 0.3) is 0 Å². The van der Waals surface area contributed by atoms with Crippen LogP contribution in [-0.2, 0) is 18.3 Å². The molecule has 0 saturated carbocycles. The molecule has 1 aliphatic heterocycles. The molecule has 0 spiro atoms. The second-order valence-electron chi connectivity index (χ2n) is 3.67. The summed E-state index contributed by atoms with van der Waals surface area (Å²) in [6, 6.07) is -0.0375. The Balaban J connectivity index is 1.71. The molecule has 88 valence electrons. The zero-order valence-electron chi connectivity index (χ0n) is 9.14. The van der Waals surface area contributed by atoms with Gasteiger partial charge in [-0.2, -0.15) is 0 Å². The summed E-state index contributed by atoms with van der Waals surface area (Å²) in [5.41, 5.74) is 0. The summed E-state index contributed by atoms with van der Waals surface area (Å²) in [4.78, 5) is 11.6. The first-order valence-electron chi connectivity index (χ1n) is 5.19. The van der Waals surface area contributed by atoms with E-state index < -0.39 is 0 Å². The average molecular weight is 241 g/mol. The third kappa shape index (κ3) is 2.73. The Labute approximate surface area is 98.2 Å². The largest absolute Gasteiger partial charge is 0.354 e. The first-order valence-corrected chi connectivity index (χ1v) is 6.34. The van der Waals surface area contributed by atoms with E-state index in [9.17, 15) is 4.79 Å². The number of amides is 1. The van der Waals surface area contributed by atoms with Crippen molar-refractivity contribution >= 4 is 17.7 Å². The number of thioether (sulfide) groups is 1. The van der Waals surface area contributed by atoms with Crippen LogP contribution in [0.5, 0.6) is 0 Å². The lowest BCUT2D eigenvalue weighted by Crippen LogP contribution is -2.42. The second-order valence-corrected chi connectivity index (χ2v) is 4.70. The SMILES string of the molecule is Cn1cnnc1CCNC(=O)C1CSCN1. The molecular weight excluding hydrogens is 226 g/mol. The number of carbonyl (C=O) groups excluding carboxylic acids is 1. The molecule has 1 aliphatic rings. The van der Waals surface area contributed by atoms with Crippen LogP contribution in [0, 0.1) is 0 Å². The number of hydrogen-bond donors (Lipinski definition) is 2. The van der Waals surface area contributed by atoms with E-state index in [-0.39, 0.29) is 11.9 Å². The molecule has 6 nitrogen and oxygen atoms in total. The Morgan fingerprint density at radius 3 is 3.31 bits per heavy atom. The van der Waals surface area contributed by atoms with Crippen LogP contribution in [-0.4, -0.2) is 44.9 Å². The van der Waals surface area contributed by atoms with Gasteiger partial charge in [0.05, 0.1) is 6.04 Å². The predicted molar refractivity (Wildman–Crippen MR) is 62.0 cm³/mol. The number of aromatic nitrogens is 3. The third-order valence-corrected chi connectivity index (χ3v) is 3.43. The van der Waals surface area contributed by atoms with E-state index in [1.165, 1.54) is 0 Å². The van der Waals surface area contributed by atoms with Crippen molar-refractivity contribution in [3.63, 3.8) is 0 Å². The van der Waals surface area contributed by atoms with Crippen molar-refractivity contribution in [3.8, 4) is 0 Å². The number of nitrogens with zero attached hydrogens (tertiary/aromatic N) is 3. The lowest BCUT2D eigenvalue weighted by atomic mass is 10.3. The van der Waals surface area contributed by atoms with E-state index in [1.54, 1.807) is 18.1 Å². The first-order chi connectivity index (χ1) is 7.77. The highest BCUT2D eigenvalue weighted by atomic mass is 32.2. The van der Waals surface area contributed by atoms with E-state index in [0.29, 0.717) is 13.0 Å². The van der Waals surface area contributed by atoms with Crippen molar-refractivity contribution in [2.45, 2.75) is 12.5 Å². The van der Waals surface area contributed by atoms with Crippen LogP contribution in [0.15, 0.2) is 6.33 Å². The van der Waals surface area contributed by atoms with Crippen LogP contribution in [0.25, 0.3) is 0 Å². The van der Waals surface area contributed by atoms with Crippen LogP contribution >= 0.6 is 11.8 Å². The van der Waals surface area contributed by atoms with E-state index >= 15 is 0 Å². The minimum atomic E-state index is -0.0375. The molecule has 2 rings (SSSR count). The minimum absolute atomic E-state index is 0.0375. The summed E-state index contributed by atoms with van der Waals surface area (Å²) < 4.78 is 1.86. The Bertz CT molecular complexity index is 361. The summed E-state index contributed by atoms with van der Waals surface area (Å²) in [6.45, 7) is 0.605. The maximum atomic E-state index is 11.6. The fourth-order valence-corrected chi connectivity index (χ4v) is 2.46. The summed E-state index contributed by atoms with van der Waals surface area (Å²) in [6.07, 6.45) is 2.37. The fourth-order valence-electron chi connectivity index (χ4n) is 1.52. The molecular formula is C9H15N5OS. The second kappa shape index (κ2) is 5.31. The molecule has 0 radical (unpaired) electrons. The Kier molecular flexibility index (Phi) is 3.79. The molecule has 1 amide bonds. The molecule has 0 aliphatic carbocycles. The van der Waals surface area contributed by atoms with Gasteiger partial charge in [-0.05, 0) is 0 Å². The number of nitrogens with one attached hydrogen (secondary N) is 2. The van der Waals surface area contributed by atoms with Crippen molar-refractivity contribution in [2.24, 2.45) is 7.05 Å². The molecule has 1 unspecified atom stereocenters. The minimum Gasteiger partial charge on any atom is -0.354 e. The normalized spacial score (nSPS) is 19.9. The maximum absolute atomic E-state index is 11.6. The zero-order valence-corrected chi connectivity index (χ0v) is 9.96. The van der Waals surface area contributed by atoms with Crippen LogP contribution in [0.3, 0.4) is 0 Å². The maximum Gasteiger partial charge on any atom is 0.238 e. The first kappa shape index (κ1) is 11.4. The number of hydrogen-bond acceptors (Lipinski definition) is 5. The van der Waals surface area contributed by atoms with E-state index in [2.05, 4.69) is 20.8 Å². The van der Waals surface area contributed by atoms with E-state index in [1.807, 2.05) is 11.6 Å². The molecule has 1 aromatic heterocycles. The smallest absolute Gasteiger partial charge is 0.238 e. The van der Waals surface area contributed by atoms with Crippen LogP contribution in [0.2, 0.25) is 0 Å². The van der Waals surface area contributed by atoms with Gasteiger partial charge < -0.3 is 9.88 Å². The monoisotopic (exact) mass is 241 g/mol. The summed E-state index contributed by atoms with van der Waals surface area (Å²) in [5.74, 6) is 2.68. The fraction of sp³-hybridized carbons (Fsp3) is 0.667. The molecule has 2 N–H and O–H groups in total. The highest BCUT2D eigenvalue weighted by molar-refractivity contribution is 7.99. The molecule has 16 heavy (non-hydrogen) atoms. The molecule has 7 heteroatoms. The van der Waals surface area contributed by atoms with Crippen LogP contribution in [0.4, 0.5) is 0 Å².